The molecule has 1 unspecified atom stereocenters. The molecule has 1 atom stereocenters. The first-order chi connectivity index (χ1) is 13.6. The summed E-state index contributed by atoms with van der Waals surface area (Å²) >= 11 is 6.28. The number of piperazine rings is 1. The van der Waals surface area contributed by atoms with Crippen molar-refractivity contribution in [3.8, 4) is 0 Å². The van der Waals surface area contributed by atoms with E-state index in [9.17, 15) is 9.59 Å². The van der Waals surface area contributed by atoms with Crippen molar-refractivity contribution in [1.82, 2.24) is 4.90 Å². The van der Waals surface area contributed by atoms with Crippen LogP contribution >= 0.6 is 11.6 Å². The number of anilines is 2. The monoisotopic (exact) mass is 397 g/mol. The number of nitrogens with zero attached hydrogens (tertiary/aromatic N) is 2. The highest BCUT2D eigenvalue weighted by Gasteiger charge is 2.28. The molecular weight excluding hydrogens is 374 g/mol. The fourth-order valence-electron chi connectivity index (χ4n) is 4.01. The second-order valence-electron chi connectivity index (χ2n) is 7.41. The van der Waals surface area contributed by atoms with Crippen LogP contribution in [0.4, 0.5) is 11.4 Å². The summed E-state index contributed by atoms with van der Waals surface area (Å²) in [5.41, 5.74) is 3.06. The zero-order chi connectivity index (χ0) is 19.5. The summed E-state index contributed by atoms with van der Waals surface area (Å²) in [6.07, 6.45) is 1.70. The number of carbonyl (C=O) groups is 2. The zero-order valence-corrected chi connectivity index (χ0v) is 16.5. The molecule has 0 aromatic heterocycles. The van der Waals surface area contributed by atoms with E-state index in [-0.39, 0.29) is 17.7 Å². The van der Waals surface area contributed by atoms with Crippen LogP contribution in [-0.4, -0.2) is 42.9 Å². The van der Waals surface area contributed by atoms with Crippen LogP contribution in [0, 0.1) is 5.92 Å². The number of carbonyl (C=O) groups excluding carboxylic acids is 2. The molecule has 2 amide bonds. The number of halogens is 1. The van der Waals surface area contributed by atoms with Crippen molar-refractivity contribution in [2.45, 2.75) is 19.3 Å². The minimum absolute atomic E-state index is 0.0232. The molecule has 28 heavy (non-hydrogen) atoms. The van der Waals surface area contributed by atoms with Gasteiger partial charge < -0.3 is 15.1 Å². The van der Waals surface area contributed by atoms with E-state index in [4.69, 9.17) is 11.6 Å². The average Bonchev–Trinajstić information content (AvgIpc) is 2.72. The van der Waals surface area contributed by atoms with E-state index in [1.54, 1.807) is 0 Å². The molecule has 4 rings (SSSR count). The van der Waals surface area contributed by atoms with Gasteiger partial charge in [-0.15, -0.1) is 0 Å². The second-order valence-corrected chi connectivity index (χ2v) is 7.81. The lowest BCUT2D eigenvalue weighted by atomic mass is 9.89. The standard InChI is InChI=1S/C22H24ClN3O2/c23-18-6-2-4-8-20(18)25-11-13-26(14-12-25)21(27)10-9-17-15-16-5-1-3-7-19(16)24-22(17)28/h1-8,17H,9-15H2,(H,24,28). The van der Waals surface area contributed by atoms with Crippen molar-refractivity contribution in [3.63, 3.8) is 0 Å². The Morgan fingerprint density at radius 3 is 2.54 bits per heavy atom. The molecule has 0 aliphatic carbocycles. The first-order valence-corrected chi connectivity index (χ1v) is 10.2. The van der Waals surface area contributed by atoms with Crippen molar-refractivity contribution in [1.29, 1.82) is 0 Å². The number of para-hydroxylation sites is 2. The molecule has 2 aliphatic heterocycles. The van der Waals surface area contributed by atoms with Crippen LogP contribution in [0.1, 0.15) is 18.4 Å². The van der Waals surface area contributed by atoms with Gasteiger partial charge in [-0.25, -0.2) is 0 Å². The predicted octanol–water partition coefficient (Wildman–Crippen LogP) is 3.58. The van der Waals surface area contributed by atoms with Crippen LogP contribution in [0.25, 0.3) is 0 Å². The maximum atomic E-state index is 12.7. The third kappa shape index (κ3) is 3.99. The zero-order valence-electron chi connectivity index (χ0n) is 15.7. The Balaban J connectivity index is 1.28. The van der Waals surface area contributed by atoms with Gasteiger partial charge in [0, 0.05) is 44.2 Å². The molecule has 0 saturated carbocycles. The summed E-state index contributed by atoms with van der Waals surface area (Å²) in [5.74, 6) is 0.0174. The summed E-state index contributed by atoms with van der Waals surface area (Å²) in [6.45, 7) is 2.91. The Kier molecular flexibility index (Phi) is 5.53. The molecule has 2 aliphatic rings. The van der Waals surface area contributed by atoms with Crippen molar-refractivity contribution in [2.75, 3.05) is 36.4 Å². The number of fused-ring (bicyclic) bond motifs is 1. The van der Waals surface area contributed by atoms with Crippen molar-refractivity contribution < 1.29 is 9.59 Å². The number of hydrogen-bond acceptors (Lipinski definition) is 3. The molecule has 146 valence electrons. The van der Waals surface area contributed by atoms with Gasteiger partial charge in [-0.2, -0.15) is 0 Å². The van der Waals surface area contributed by atoms with E-state index in [0.717, 1.165) is 35.1 Å². The third-order valence-electron chi connectivity index (χ3n) is 5.64. The SMILES string of the molecule is O=C1Nc2ccccc2CC1CCC(=O)N1CCN(c2ccccc2Cl)CC1. The maximum absolute atomic E-state index is 12.7. The Labute approximate surface area is 170 Å². The van der Waals surface area contributed by atoms with E-state index in [1.165, 1.54) is 0 Å². The summed E-state index contributed by atoms with van der Waals surface area (Å²) in [7, 11) is 0. The lowest BCUT2D eigenvalue weighted by Gasteiger charge is -2.36. The Hall–Kier alpha value is -2.53. The van der Waals surface area contributed by atoms with Crippen molar-refractivity contribution in [3.05, 3.63) is 59.1 Å². The van der Waals surface area contributed by atoms with Crippen LogP contribution in [0.2, 0.25) is 5.02 Å². The van der Waals surface area contributed by atoms with E-state index in [2.05, 4.69) is 10.2 Å². The molecule has 1 saturated heterocycles. The molecule has 6 heteroatoms. The largest absolute Gasteiger partial charge is 0.367 e. The van der Waals surface area contributed by atoms with Gasteiger partial charge in [-0.1, -0.05) is 41.9 Å². The van der Waals surface area contributed by atoms with Gasteiger partial charge in [0.15, 0.2) is 0 Å². The molecule has 2 aromatic rings. The first kappa shape index (κ1) is 18.8. The van der Waals surface area contributed by atoms with E-state index >= 15 is 0 Å². The number of hydrogen-bond donors (Lipinski definition) is 1. The minimum Gasteiger partial charge on any atom is -0.367 e. The minimum atomic E-state index is -0.136. The van der Waals surface area contributed by atoms with Crippen LogP contribution in [-0.2, 0) is 16.0 Å². The van der Waals surface area contributed by atoms with Crippen LogP contribution in [0.3, 0.4) is 0 Å². The van der Waals surface area contributed by atoms with Gasteiger partial charge in [0.25, 0.3) is 0 Å². The highest BCUT2D eigenvalue weighted by molar-refractivity contribution is 6.33. The summed E-state index contributed by atoms with van der Waals surface area (Å²) in [4.78, 5) is 29.1. The van der Waals surface area contributed by atoms with Gasteiger partial charge >= 0.3 is 0 Å². The lowest BCUT2D eigenvalue weighted by molar-refractivity contribution is -0.132. The Morgan fingerprint density at radius 1 is 1.04 bits per heavy atom. The number of amides is 2. The fourth-order valence-corrected chi connectivity index (χ4v) is 4.26. The lowest BCUT2D eigenvalue weighted by Crippen LogP contribution is -2.49. The van der Waals surface area contributed by atoms with Gasteiger partial charge in [-0.3, -0.25) is 9.59 Å². The first-order valence-electron chi connectivity index (χ1n) is 9.78. The molecule has 1 N–H and O–H groups in total. The number of rotatable bonds is 4. The summed E-state index contributed by atoms with van der Waals surface area (Å²) in [5, 5.41) is 3.70. The van der Waals surface area contributed by atoms with E-state index in [1.807, 2.05) is 53.4 Å². The second kappa shape index (κ2) is 8.23. The summed E-state index contributed by atoms with van der Waals surface area (Å²) in [6, 6.07) is 15.7. The van der Waals surface area contributed by atoms with Crippen LogP contribution in [0.5, 0.6) is 0 Å². The van der Waals surface area contributed by atoms with Crippen molar-refractivity contribution in [2.24, 2.45) is 5.92 Å². The summed E-state index contributed by atoms with van der Waals surface area (Å²) < 4.78 is 0. The third-order valence-corrected chi connectivity index (χ3v) is 5.96. The highest BCUT2D eigenvalue weighted by atomic mass is 35.5. The fraction of sp³-hybridized carbons (Fsp3) is 0.364. The molecule has 2 heterocycles. The number of nitrogens with one attached hydrogen (secondary N) is 1. The average molecular weight is 398 g/mol. The Morgan fingerprint density at radius 2 is 1.75 bits per heavy atom. The van der Waals surface area contributed by atoms with Gasteiger partial charge in [-0.05, 0) is 36.6 Å². The topological polar surface area (TPSA) is 52.7 Å². The molecule has 0 radical (unpaired) electrons. The highest BCUT2D eigenvalue weighted by Crippen LogP contribution is 2.28. The van der Waals surface area contributed by atoms with Gasteiger partial charge in [0.05, 0.1) is 10.7 Å². The molecule has 2 aromatic carbocycles. The molecular formula is C22H24ClN3O2. The van der Waals surface area contributed by atoms with Crippen LogP contribution in [0.15, 0.2) is 48.5 Å². The number of benzene rings is 2. The van der Waals surface area contributed by atoms with Crippen LogP contribution < -0.4 is 10.2 Å². The quantitative estimate of drug-likeness (QED) is 0.857. The Bertz CT molecular complexity index is 878. The smallest absolute Gasteiger partial charge is 0.227 e. The normalized spacial score (nSPS) is 19.2. The predicted molar refractivity (Wildman–Crippen MR) is 112 cm³/mol. The van der Waals surface area contributed by atoms with E-state index in [0.29, 0.717) is 32.4 Å². The molecule has 5 nitrogen and oxygen atoms in total. The molecule has 0 spiro atoms. The van der Waals surface area contributed by atoms with Gasteiger partial charge in [0.1, 0.15) is 0 Å². The maximum Gasteiger partial charge on any atom is 0.227 e. The van der Waals surface area contributed by atoms with Gasteiger partial charge in [0.2, 0.25) is 11.8 Å². The van der Waals surface area contributed by atoms with E-state index < -0.39 is 0 Å². The van der Waals surface area contributed by atoms with Crippen molar-refractivity contribution >= 4 is 34.8 Å². The molecule has 0 bridgehead atoms. The molecule has 1 fully saturated rings.